The third-order valence-electron chi connectivity index (χ3n) is 3.74. The van der Waals surface area contributed by atoms with Gasteiger partial charge < -0.3 is 0 Å². The van der Waals surface area contributed by atoms with E-state index in [9.17, 15) is 0 Å². The van der Waals surface area contributed by atoms with E-state index in [-0.39, 0.29) is 0 Å². The van der Waals surface area contributed by atoms with Gasteiger partial charge >= 0.3 is 0 Å². The molecule has 0 bridgehead atoms. The van der Waals surface area contributed by atoms with Crippen LogP contribution in [-0.4, -0.2) is 5.71 Å². The molecule has 0 spiro atoms. The lowest BCUT2D eigenvalue weighted by molar-refractivity contribution is 0.835. The molecule has 0 radical (unpaired) electrons. The van der Waals surface area contributed by atoms with E-state index in [4.69, 9.17) is 0 Å². The fourth-order valence-corrected chi connectivity index (χ4v) is 2.28. The zero-order valence-corrected chi connectivity index (χ0v) is 13.1. The van der Waals surface area contributed by atoms with Gasteiger partial charge in [-0.15, -0.1) is 11.6 Å². The molecule has 0 amide bonds. The van der Waals surface area contributed by atoms with Gasteiger partial charge in [0.1, 0.15) is 0 Å². The normalized spacial score (nSPS) is 11.1. The zero-order chi connectivity index (χ0) is 15.1. The van der Waals surface area contributed by atoms with Crippen molar-refractivity contribution >= 4 is 5.71 Å². The summed E-state index contributed by atoms with van der Waals surface area (Å²) in [5.41, 5.74) is 5.98. The van der Waals surface area contributed by atoms with Crippen molar-refractivity contribution < 1.29 is 0 Å². The summed E-state index contributed by atoms with van der Waals surface area (Å²) in [4.78, 5) is 4.56. The first kappa shape index (κ1) is 15.2. The Labute approximate surface area is 128 Å². The van der Waals surface area contributed by atoms with Crippen molar-refractivity contribution in [3.8, 4) is 12.0 Å². The average Bonchev–Trinajstić information content (AvgIpc) is 2.99. The first-order chi connectivity index (χ1) is 10.2. The van der Waals surface area contributed by atoms with Crippen molar-refractivity contribution in [3.63, 3.8) is 0 Å². The molecule has 1 heteroatoms. The maximum atomic E-state index is 4.56. The lowest BCUT2D eigenvalue weighted by Gasteiger charge is -2.10. The van der Waals surface area contributed by atoms with E-state index in [1.165, 1.54) is 23.1 Å². The summed E-state index contributed by atoms with van der Waals surface area (Å²) >= 11 is 0. The first-order valence-electron chi connectivity index (χ1n) is 7.58. The van der Waals surface area contributed by atoms with Crippen LogP contribution in [0.4, 0.5) is 0 Å². The minimum atomic E-state index is 0.983. The number of hydrogen-bond donors (Lipinski definition) is 0. The van der Waals surface area contributed by atoms with Crippen LogP contribution in [0.3, 0.4) is 0 Å². The molecular weight excluding hydrogens is 254 g/mol. The Hall–Kier alpha value is -2.20. The van der Waals surface area contributed by atoms with Gasteiger partial charge in [0, 0.05) is 0 Å². The van der Waals surface area contributed by atoms with Crippen LogP contribution < -0.4 is 0 Å². The van der Waals surface area contributed by atoms with Crippen LogP contribution in [-0.2, 0) is 0 Å². The number of aryl methyl sites for hydroxylation is 1. The zero-order valence-electron chi connectivity index (χ0n) is 13.1. The molecule has 0 atom stereocenters. The number of nitrogens with zero attached hydrogens (tertiary/aromatic N) is 1. The van der Waals surface area contributed by atoms with Crippen LogP contribution in [0.25, 0.3) is 0 Å². The Kier molecular flexibility index (Phi) is 5.46. The lowest BCUT2D eigenvalue weighted by atomic mass is 9.97. The SMILES string of the molecule is CCCCC(=NC#Cc1ccc[cH-]1)c1cccc(C)c1C. The molecule has 0 aromatic heterocycles. The van der Waals surface area contributed by atoms with E-state index in [2.05, 4.69) is 55.9 Å². The van der Waals surface area contributed by atoms with Crippen molar-refractivity contribution in [2.24, 2.45) is 4.99 Å². The van der Waals surface area contributed by atoms with Crippen LogP contribution in [0.2, 0.25) is 0 Å². The summed E-state index contributed by atoms with van der Waals surface area (Å²) in [6.45, 7) is 6.51. The standard InChI is InChI=1S/C20H22N/c1-4-5-13-20(19-12-8-9-16(2)17(19)3)21-15-14-18-10-6-7-11-18/h6-12H,4-5,13H2,1-3H3/q-1. The molecule has 1 nitrogen and oxygen atoms in total. The molecule has 0 aliphatic rings. The van der Waals surface area contributed by atoms with Gasteiger partial charge in [-0.2, -0.15) is 24.1 Å². The number of aliphatic imine (C=N–C) groups is 1. The van der Waals surface area contributed by atoms with Gasteiger partial charge in [0.05, 0.1) is 5.71 Å². The summed E-state index contributed by atoms with van der Waals surface area (Å²) in [7, 11) is 0. The van der Waals surface area contributed by atoms with Crippen LogP contribution in [0.15, 0.2) is 47.5 Å². The highest BCUT2D eigenvalue weighted by molar-refractivity contribution is 6.02. The molecule has 0 N–H and O–H groups in total. The lowest BCUT2D eigenvalue weighted by Crippen LogP contribution is -2.04. The van der Waals surface area contributed by atoms with E-state index in [0.717, 1.165) is 24.1 Å². The quantitative estimate of drug-likeness (QED) is 0.423. The molecule has 0 saturated carbocycles. The second-order valence-corrected chi connectivity index (χ2v) is 5.32. The Morgan fingerprint density at radius 3 is 2.76 bits per heavy atom. The van der Waals surface area contributed by atoms with Crippen molar-refractivity contribution in [3.05, 3.63) is 64.7 Å². The minimum Gasteiger partial charge on any atom is -0.213 e. The van der Waals surface area contributed by atoms with Crippen LogP contribution in [0.1, 0.15) is 48.4 Å². The molecule has 2 aromatic carbocycles. The van der Waals surface area contributed by atoms with E-state index in [1.54, 1.807) is 0 Å². The van der Waals surface area contributed by atoms with Crippen molar-refractivity contribution in [1.29, 1.82) is 0 Å². The van der Waals surface area contributed by atoms with Crippen LogP contribution >= 0.6 is 0 Å². The molecule has 0 saturated heterocycles. The maximum Gasteiger partial charge on any atom is 0.0576 e. The highest BCUT2D eigenvalue weighted by Gasteiger charge is 2.07. The van der Waals surface area contributed by atoms with Gasteiger partial charge in [-0.05, 0) is 49.4 Å². The predicted molar refractivity (Wildman–Crippen MR) is 90.9 cm³/mol. The highest BCUT2D eigenvalue weighted by atomic mass is 14.7. The van der Waals surface area contributed by atoms with Crippen molar-refractivity contribution in [1.82, 2.24) is 0 Å². The summed E-state index contributed by atoms with van der Waals surface area (Å²) < 4.78 is 0. The van der Waals surface area contributed by atoms with E-state index in [0.29, 0.717) is 0 Å². The molecule has 21 heavy (non-hydrogen) atoms. The summed E-state index contributed by atoms with van der Waals surface area (Å²) in [6.07, 6.45) is 3.29. The number of hydrogen-bond acceptors (Lipinski definition) is 1. The molecule has 108 valence electrons. The average molecular weight is 276 g/mol. The van der Waals surface area contributed by atoms with Gasteiger partial charge in [-0.3, -0.25) is 0 Å². The largest absolute Gasteiger partial charge is 0.213 e. The van der Waals surface area contributed by atoms with Gasteiger partial charge in [0.15, 0.2) is 0 Å². The van der Waals surface area contributed by atoms with Crippen LogP contribution in [0.5, 0.6) is 0 Å². The number of unbranched alkanes of at least 4 members (excludes halogenated alkanes) is 1. The van der Waals surface area contributed by atoms with Gasteiger partial charge in [0.2, 0.25) is 0 Å². The Morgan fingerprint density at radius 1 is 1.19 bits per heavy atom. The fraction of sp³-hybridized carbons (Fsp3) is 0.300. The summed E-state index contributed by atoms with van der Waals surface area (Å²) in [5.74, 6) is 3.10. The van der Waals surface area contributed by atoms with Crippen molar-refractivity contribution in [2.45, 2.75) is 40.0 Å². The first-order valence-corrected chi connectivity index (χ1v) is 7.58. The molecule has 0 aliphatic carbocycles. The Bertz CT molecular complexity index is 664. The second kappa shape index (κ2) is 7.55. The molecule has 0 heterocycles. The van der Waals surface area contributed by atoms with Crippen LogP contribution in [0, 0.1) is 25.8 Å². The molecule has 0 unspecified atom stereocenters. The Balaban J connectivity index is 2.31. The monoisotopic (exact) mass is 276 g/mol. The molecule has 0 fully saturated rings. The number of rotatable bonds is 4. The molecule has 2 rings (SSSR count). The fourth-order valence-electron chi connectivity index (χ4n) is 2.28. The topological polar surface area (TPSA) is 12.4 Å². The minimum absolute atomic E-state index is 0.983. The number of benzene rings is 1. The third kappa shape index (κ3) is 4.13. The summed E-state index contributed by atoms with van der Waals surface area (Å²) in [6, 6.07) is 17.4. The smallest absolute Gasteiger partial charge is 0.0576 e. The van der Waals surface area contributed by atoms with Gasteiger partial charge in [-0.1, -0.05) is 31.5 Å². The van der Waals surface area contributed by atoms with E-state index < -0.39 is 0 Å². The third-order valence-corrected chi connectivity index (χ3v) is 3.74. The molecule has 0 aliphatic heterocycles. The van der Waals surface area contributed by atoms with Gasteiger partial charge in [0.25, 0.3) is 0 Å². The molecule has 2 aromatic rings. The maximum absolute atomic E-state index is 4.56. The highest BCUT2D eigenvalue weighted by Crippen LogP contribution is 2.16. The molecular formula is C20H22N-. The second-order valence-electron chi connectivity index (χ2n) is 5.32. The van der Waals surface area contributed by atoms with E-state index >= 15 is 0 Å². The van der Waals surface area contributed by atoms with E-state index in [1.807, 2.05) is 24.3 Å². The van der Waals surface area contributed by atoms with Gasteiger partial charge in [-0.25, -0.2) is 4.99 Å². The van der Waals surface area contributed by atoms with Crippen molar-refractivity contribution in [2.75, 3.05) is 0 Å². The summed E-state index contributed by atoms with van der Waals surface area (Å²) in [5, 5.41) is 0. The predicted octanol–water partition coefficient (Wildman–Crippen LogP) is 5.01. The Morgan fingerprint density at radius 2 is 2.05 bits per heavy atom.